The lowest BCUT2D eigenvalue weighted by atomic mass is 9.43. The average molecular weight is 363 g/mol. The van der Waals surface area contributed by atoms with Crippen molar-refractivity contribution in [3.05, 3.63) is 12.2 Å². The van der Waals surface area contributed by atoms with Crippen molar-refractivity contribution in [3.63, 3.8) is 0 Å². The van der Waals surface area contributed by atoms with E-state index >= 15 is 0 Å². The predicted molar refractivity (Wildman–Crippen MR) is 100 cm³/mol. The molecule has 0 aromatic heterocycles. The van der Waals surface area contributed by atoms with E-state index in [2.05, 4.69) is 13.5 Å². The maximum Gasteiger partial charge on any atom is 0.311 e. The number of allylic oxidation sites excluding steroid dienone is 1. The van der Waals surface area contributed by atoms with Gasteiger partial charge in [0.25, 0.3) is 0 Å². The Bertz CT molecular complexity index is 622. The number of fused-ring (bicyclic) bond motifs is 1. The first-order valence-corrected chi connectivity index (χ1v) is 9.93. The summed E-state index contributed by atoms with van der Waals surface area (Å²) in [6, 6.07) is 0. The fourth-order valence-corrected chi connectivity index (χ4v) is 7.17. The Hall–Kier alpha value is -1.32. The van der Waals surface area contributed by atoms with Crippen LogP contribution in [0, 0.1) is 34.0 Å². The smallest absolute Gasteiger partial charge is 0.311 e. The van der Waals surface area contributed by atoms with Gasteiger partial charge in [0.15, 0.2) is 0 Å². The molecule has 0 aromatic rings. The number of ether oxygens (including phenoxy) is 2. The van der Waals surface area contributed by atoms with Crippen LogP contribution in [0.2, 0.25) is 0 Å². The maximum absolute atomic E-state index is 12.6. The minimum Gasteiger partial charge on any atom is -0.469 e. The molecule has 146 valence electrons. The topological polar surface area (TPSA) is 52.6 Å². The normalized spacial score (nSPS) is 39.3. The Morgan fingerprint density at radius 2 is 1.88 bits per heavy atom. The highest BCUT2D eigenvalue weighted by Gasteiger charge is 2.63. The molecule has 0 saturated heterocycles. The van der Waals surface area contributed by atoms with Gasteiger partial charge in [-0.1, -0.05) is 19.1 Å². The van der Waals surface area contributed by atoms with E-state index in [4.69, 9.17) is 9.47 Å². The zero-order chi connectivity index (χ0) is 19.3. The fourth-order valence-electron chi connectivity index (χ4n) is 7.17. The highest BCUT2D eigenvalue weighted by Crippen LogP contribution is 2.70. The molecule has 0 radical (unpaired) electrons. The Morgan fingerprint density at radius 3 is 2.50 bits per heavy atom. The third-order valence-corrected chi connectivity index (χ3v) is 8.21. The number of methoxy groups -OCH3 is 2. The van der Waals surface area contributed by atoms with Gasteiger partial charge in [-0.15, -0.1) is 0 Å². The number of esters is 2. The molecule has 1 spiro atoms. The summed E-state index contributed by atoms with van der Waals surface area (Å²) in [7, 11) is 2.91. The summed E-state index contributed by atoms with van der Waals surface area (Å²) in [5.41, 5.74) is 0.772. The Balaban J connectivity index is 2.03. The summed E-state index contributed by atoms with van der Waals surface area (Å²) in [5, 5.41) is 0. The van der Waals surface area contributed by atoms with Crippen LogP contribution in [0.25, 0.3) is 0 Å². The standard InChI is InChI=1S/C22H34O4/c1-14-11-22-10-9-16(20(2,3)19(24)26-6)21(4,13-18(23)25-5)17(22)8-7-15(14)12-22/h15-17H,1,7-13H2,2-6H3/t15-,16+,17-,21-,22-/m1/s1. The summed E-state index contributed by atoms with van der Waals surface area (Å²) in [6.07, 6.45) is 7.01. The molecule has 0 aromatic carbocycles. The Labute approximate surface area is 157 Å². The quantitative estimate of drug-likeness (QED) is 0.545. The van der Waals surface area contributed by atoms with E-state index in [1.807, 2.05) is 13.8 Å². The van der Waals surface area contributed by atoms with E-state index in [1.54, 1.807) is 0 Å². The van der Waals surface area contributed by atoms with Crippen molar-refractivity contribution in [1.29, 1.82) is 0 Å². The summed E-state index contributed by atoms with van der Waals surface area (Å²) < 4.78 is 10.2. The van der Waals surface area contributed by atoms with Gasteiger partial charge in [-0.3, -0.25) is 9.59 Å². The summed E-state index contributed by atoms with van der Waals surface area (Å²) in [4.78, 5) is 25.0. The number of carbonyl (C=O) groups excluding carboxylic acids is 2. The monoisotopic (exact) mass is 362 g/mol. The van der Waals surface area contributed by atoms with Crippen LogP contribution in [-0.4, -0.2) is 26.2 Å². The van der Waals surface area contributed by atoms with Crippen LogP contribution in [0.5, 0.6) is 0 Å². The van der Waals surface area contributed by atoms with Gasteiger partial charge in [0, 0.05) is 0 Å². The molecular formula is C22H34O4. The van der Waals surface area contributed by atoms with E-state index in [0.717, 1.165) is 32.1 Å². The van der Waals surface area contributed by atoms with Crippen LogP contribution in [-0.2, 0) is 19.1 Å². The molecular weight excluding hydrogens is 328 g/mol. The van der Waals surface area contributed by atoms with E-state index in [0.29, 0.717) is 18.3 Å². The van der Waals surface area contributed by atoms with Crippen molar-refractivity contribution in [2.24, 2.45) is 34.0 Å². The second-order valence-corrected chi connectivity index (χ2v) is 9.79. The average Bonchev–Trinajstić information content (AvgIpc) is 2.82. The second-order valence-electron chi connectivity index (χ2n) is 9.79. The Kier molecular flexibility index (Phi) is 4.77. The lowest BCUT2D eigenvalue weighted by molar-refractivity contribution is -0.176. The van der Waals surface area contributed by atoms with Crippen molar-refractivity contribution >= 4 is 11.9 Å². The van der Waals surface area contributed by atoms with Gasteiger partial charge in [0.05, 0.1) is 26.1 Å². The number of hydrogen-bond donors (Lipinski definition) is 0. The van der Waals surface area contributed by atoms with E-state index < -0.39 is 5.41 Å². The number of carbonyl (C=O) groups is 2. The van der Waals surface area contributed by atoms with Gasteiger partial charge in [-0.05, 0) is 81.0 Å². The number of rotatable bonds is 4. The van der Waals surface area contributed by atoms with Gasteiger partial charge in [0.2, 0.25) is 0 Å². The maximum atomic E-state index is 12.6. The van der Waals surface area contributed by atoms with Crippen molar-refractivity contribution in [3.8, 4) is 0 Å². The molecule has 3 fully saturated rings. The van der Waals surface area contributed by atoms with E-state index in [9.17, 15) is 9.59 Å². The van der Waals surface area contributed by atoms with Gasteiger partial charge in [0.1, 0.15) is 0 Å². The van der Waals surface area contributed by atoms with Crippen LogP contribution in [0.1, 0.15) is 65.7 Å². The summed E-state index contributed by atoms with van der Waals surface area (Å²) >= 11 is 0. The van der Waals surface area contributed by atoms with Gasteiger partial charge < -0.3 is 9.47 Å². The molecule has 0 N–H and O–H groups in total. The van der Waals surface area contributed by atoms with E-state index in [1.165, 1.54) is 26.2 Å². The molecule has 3 saturated carbocycles. The van der Waals surface area contributed by atoms with E-state index in [-0.39, 0.29) is 28.7 Å². The van der Waals surface area contributed by atoms with Crippen LogP contribution in [0.3, 0.4) is 0 Å². The molecule has 4 nitrogen and oxygen atoms in total. The minimum atomic E-state index is -0.619. The number of hydrogen-bond acceptors (Lipinski definition) is 4. The highest BCUT2D eigenvalue weighted by atomic mass is 16.5. The first kappa shape index (κ1) is 19.4. The van der Waals surface area contributed by atoms with Gasteiger partial charge in [-0.2, -0.15) is 0 Å². The predicted octanol–water partition coefficient (Wildman–Crippen LogP) is 4.53. The molecule has 0 aliphatic heterocycles. The van der Waals surface area contributed by atoms with Crippen LogP contribution in [0.15, 0.2) is 12.2 Å². The molecule has 4 heteroatoms. The molecule has 26 heavy (non-hydrogen) atoms. The third-order valence-electron chi connectivity index (χ3n) is 8.21. The zero-order valence-corrected chi connectivity index (χ0v) is 17.0. The summed E-state index contributed by atoms with van der Waals surface area (Å²) in [6.45, 7) is 10.5. The lowest BCUT2D eigenvalue weighted by Gasteiger charge is -2.60. The SMILES string of the molecule is C=C1C[C@@]23CC[C@@H](C(C)(C)C(=O)OC)[C@@](C)(CC(=O)OC)[C@H]2CC[C@@H]1C3. The molecule has 0 unspecified atom stereocenters. The molecule has 0 amide bonds. The molecule has 3 aliphatic rings. The van der Waals surface area contributed by atoms with Crippen LogP contribution >= 0.6 is 0 Å². The first-order valence-electron chi connectivity index (χ1n) is 9.93. The molecule has 3 rings (SSSR count). The van der Waals surface area contributed by atoms with Crippen molar-refractivity contribution in [2.75, 3.05) is 14.2 Å². The van der Waals surface area contributed by atoms with Crippen LogP contribution in [0.4, 0.5) is 0 Å². The summed E-state index contributed by atoms with van der Waals surface area (Å²) in [5.74, 6) is 0.821. The van der Waals surface area contributed by atoms with Crippen molar-refractivity contribution in [1.82, 2.24) is 0 Å². The minimum absolute atomic E-state index is 0.0996. The molecule has 3 aliphatic carbocycles. The third kappa shape index (κ3) is 2.71. The van der Waals surface area contributed by atoms with Crippen molar-refractivity contribution < 1.29 is 19.1 Å². The van der Waals surface area contributed by atoms with Gasteiger partial charge >= 0.3 is 11.9 Å². The molecule has 2 bridgehead atoms. The van der Waals surface area contributed by atoms with Gasteiger partial charge in [-0.25, -0.2) is 0 Å². The largest absolute Gasteiger partial charge is 0.469 e. The van der Waals surface area contributed by atoms with Crippen LogP contribution < -0.4 is 0 Å². The zero-order valence-electron chi connectivity index (χ0n) is 17.0. The lowest BCUT2D eigenvalue weighted by Crippen LogP contribution is -2.56. The highest BCUT2D eigenvalue weighted by molar-refractivity contribution is 5.77. The Morgan fingerprint density at radius 1 is 1.19 bits per heavy atom. The molecule has 0 heterocycles. The fraction of sp³-hybridized carbons (Fsp3) is 0.818. The second kappa shape index (κ2) is 6.38. The molecule has 5 atom stereocenters. The first-order chi connectivity index (χ1) is 12.1. The van der Waals surface area contributed by atoms with Crippen molar-refractivity contribution in [2.45, 2.75) is 65.7 Å².